The van der Waals surface area contributed by atoms with E-state index in [9.17, 15) is 13.2 Å². The highest BCUT2D eigenvalue weighted by Gasteiger charge is 2.23. The smallest absolute Gasteiger partial charge is 0.335 e. The first kappa shape index (κ1) is 20.2. The van der Waals surface area contributed by atoms with E-state index in [1.807, 2.05) is 11.6 Å². The molecule has 0 saturated carbocycles. The Morgan fingerprint density at radius 2 is 1.70 bits per heavy atom. The summed E-state index contributed by atoms with van der Waals surface area (Å²) in [4.78, 5) is 23.3. The molecule has 2 aromatic rings. The number of carbonyl (C=O) groups excluding carboxylic acids is 1. The first-order valence-electron chi connectivity index (χ1n) is 7.79. The number of para-hydroxylation sites is 1. The third-order valence-electron chi connectivity index (χ3n) is 3.01. The van der Waals surface area contributed by atoms with Gasteiger partial charge in [0, 0.05) is 0 Å². The van der Waals surface area contributed by atoms with Crippen LogP contribution < -0.4 is 24.2 Å². The number of nitrogens with zero attached hydrogens (tertiary/aromatic N) is 3. The van der Waals surface area contributed by atoms with E-state index >= 15 is 0 Å². The number of amides is 2. The van der Waals surface area contributed by atoms with Crippen molar-refractivity contribution in [3.63, 3.8) is 0 Å². The summed E-state index contributed by atoms with van der Waals surface area (Å²) in [6.45, 7) is 2.23. The van der Waals surface area contributed by atoms with Gasteiger partial charge in [-0.1, -0.05) is 19.1 Å². The molecule has 2 amide bonds. The van der Waals surface area contributed by atoms with Crippen molar-refractivity contribution < 1.29 is 27.4 Å². The average Bonchev–Trinajstić information content (AvgIpc) is 2.65. The first-order chi connectivity index (χ1) is 12.9. The molecule has 1 heterocycles. The number of methoxy groups -OCH3 is 2. The van der Waals surface area contributed by atoms with E-state index in [0.717, 1.165) is 0 Å². The molecule has 12 heteroatoms. The zero-order chi connectivity index (χ0) is 19.9. The van der Waals surface area contributed by atoms with E-state index < -0.39 is 16.1 Å². The molecule has 0 fully saturated rings. The van der Waals surface area contributed by atoms with Crippen molar-refractivity contribution in [2.75, 3.05) is 26.1 Å². The number of sulfonamides is 1. The zero-order valence-corrected chi connectivity index (χ0v) is 15.7. The van der Waals surface area contributed by atoms with Crippen molar-refractivity contribution in [1.82, 2.24) is 19.7 Å². The van der Waals surface area contributed by atoms with Crippen LogP contribution in [-0.4, -0.2) is 50.2 Å². The van der Waals surface area contributed by atoms with Crippen LogP contribution in [0.3, 0.4) is 0 Å². The van der Waals surface area contributed by atoms with Crippen molar-refractivity contribution >= 4 is 22.0 Å². The second-order valence-corrected chi connectivity index (χ2v) is 6.64. The van der Waals surface area contributed by atoms with E-state index in [4.69, 9.17) is 14.2 Å². The normalized spacial score (nSPS) is 10.8. The average molecular weight is 397 g/mol. The lowest BCUT2D eigenvalue weighted by Crippen LogP contribution is -2.35. The summed E-state index contributed by atoms with van der Waals surface area (Å²) in [7, 11) is -1.56. The lowest BCUT2D eigenvalue weighted by molar-refractivity contribution is 0.256. The van der Waals surface area contributed by atoms with Crippen LogP contribution >= 0.6 is 0 Å². The standard InChI is InChI=1S/C15H19N5O6S/c1-4-9-26-10-7-5-6-8-11(10)27(22,23)20-13(21)16-12-17-14(24-2)19-15(18-12)25-3/h5-8H,4,9H2,1-3H3,(H2,16,17,18,19,20,21). The molecule has 0 bridgehead atoms. The van der Waals surface area contributed by atoms with Gasteiger partial charge in [-0.15, -0.1) is 4.98 Å². The Bertz CT molecular complexity index is 883. The van der Waals surface area contributed by atoms with Gasteiger partial charge in [-0.05, 0) is 18.6 Å². The number of hydrogen-bond donors (Lipinski definition) is 2. The Labute approximate surface area is 156 Å². The summed E-state index contributed by atoms with van der Waals surface area (Å²) in [5, 5.41) is 2.19. The van der Waals surface area contributed by atoms with Crippen LogP contribution in [0.1, 0.15) is 13.3 Å². The van der Waals surface area contributed by atoms with Gasteiger partial charge in [-0.25, -0.2) is 17.9 Å². The summed E-state index contributed by atoms with van der Waals surface area (Å²) in [6, 6.07) is 4.69. The van der Waals surface area contributed by atoms with Crippen LogP contribution in [0.5, 0.6) is 17.8 Å². The number of carbonyl (C=O) groups is 1. The van der Waals surface area contributed by atoms with Crippen LogP contribution in [-0.2, 0) is 10.0 Å². The van der Waals surface area contributed by atoms with E-state index in [1.54, 1.807) is 6.07 Å². The van der Waals surface area contributed by atoms with Gasteiger partial charge in [0.2, 0.25) is 5.95 Å². The summed E-state index contributed by atoms with van der Waals surface area (Å²) < 4.78 is 42.0. The van der Waals surface area contributed by atoms with Gasteiger partial charge in [0.05, 0.1) is 20.8 Å². The molecule has 27 heavy (non-hydrogen) atoms. The number of rotatable bonds is 8. The monoisotopic (exact) mass is 397 g/mol. The number of nitrogens with one attached hydrogen (secondary N) is 2. The fraction of sp³-hybridized carbons (Fsp3) is 0.333. The Kier molecular flexibility index (Phi) is 6.71. The number of anilines is 1. The fourth-order valence-electron chi connectivity index (χ4n) is 1.88. The molecule has 0 saturated heterocycles. The van der Waals surface area contributed by atoms with Gasteiger partial charge in [-0.2, -0.15) is 9.97 Å². The molecule has 2 rings (SSSR count). The predicted molar refractivity (Wildman–Crippen MR) is 94.5 cm³/mol. The Morgan fingerprint density at radius 3 is 2.30 bits per heavy atom. The van der Waals surface area contributed by atoms with Crippen LogP contribution in [0, 0.1) is 0 Å². The second kappa shape index (κ2) is 8.98. The molecule has 0 aliphatic rings. The maximum atomic E-state index is 12.5. The van der Waals surface area contributed by atoms with Crippen molar-refractivity contribution in [1.29, 1.82) is 0 Å². The van der Waals surface area contributed by atoms with Crippen LogP contribution in [0.25, 0.3) is 0 Å². The van der Waals surface area contributed by atoms with Crippen molar-refractivity contribution in [2.45, 2.75) is 18.2 Å². The van der Waals surface area contributed by atoms with E-state index in [-0.39, 0.29) is 28.6 Å². The lowest BCUT2D eigenvalue weighted by atomic mass is 10.3. The minimum absolute atomic E-state index is 0.113. The maximum Gasteiger partial charge on any atom is 0.335 e. The molecule has 0 atom stereocenters. The van der Waals surface area contributed by atoms with Gasteiger partial charge in [0.25, 0.3) is 10.0 Å². The Hall–Kier alpha value is -3.15. The number of hydrogen-bond acceptors (Lipinski definition) is 9. The third-order valence-corrected chi connectivity index (χ3v) is 4.38. The number of aromatic nitrogens is 3. The van der Waals surface area contributed by atoms with Gasteiger partial charge in [0.15, 0.2) is 0 Å². The highest BCUT2D eigenvalue weighted by molar-refractivity contribution is 7.90. The predicted octanol–water partition coefficient (Wildman–Crippen LogP) is 1.19. The van der Waals surface area contributed by atoms with Crippen molar-refractivity contribution in [3.8, 4) is 17.8 Å². The quantitative estimate of drug-likeness (QED) is 0.671. The largest absolute Gasteiger partial charge is 0.492 e. The SMILES string of the molecule is CCCOc1ccccc1S(=O)(=O)NC(=O)Nc1nc(OC)nc(OC)n1. The molecule has 2 N–H and O–H groups in total. The molecule has 146 valence electrons. The summed E-state index contributed by atoms with van der Waals surface area (Å²) >= 11 is 0. The Morgan fingerprint density at radius 1 is 1.07 bits per heavy atom. The number of benzene rings is 1. The van der Waals surface area contributed by atoms with Gasteiger partial charge >= 0.3 is 18.1 Å². The van der Waals surface area contributed by atoms with Crippen molar-refractivity contribution in [2.24, 2.45) is 0 Å². The topological polar surface area (TPSA) is 142 Å². The minimum Gasteiger partial charge on any atom is -0.492 e. The van der Waals surface area contributed by atoms with Crippen LogP contribution in [0.15, 0.2) is 29.2 Å². The van der Waals surface area contributed by atoms with E-state index in [2.05, 4.69) is 20.3 Å². The lowest BCUT2D eigenvalue weighted by Gasteiger charge is -2.12. The molecule has 11 nitrogen and oxygen atoms in total. The van der Waals surface area contributed by atoms with Gasteiger partial charge in [0.1, 0.15) is 10.6 Å². The molecule has 1 aromatic carbocycles. The molecule has 0 unspecified atom stereocenters. The summed E-state index contributed by atoms with van der Waals surface area (Å²) in [5.74, 6) is -0.106. The maximum absolute atomic E-state index is 12.5. The molecule has 1 aromatic heterocycles. The zero-order valence-electron chi connectivity index (χ0n) is 14.9. The first-order valence-corrected chi connectivity index (χ1v) is 9.27. The van der Waals surface area contributed by atoms with E-state index in [1.165, 1.54) is 32.4 Å². The Balaban J connectivity index is 2.18. The minimum atomic E-state index is -4.19. The number of ether oxygens (including phenoxy) is 3. The second-order valence-electron chi connectivity index (χ2n) is 4.99. The molecule has 0 aliphatic heterocycles. The fourth-order valence-corrected chi connectivity index (χ4v) is 2.94. The van der Waals surface area contributed by atoms with Gasteiger partial charge in [-0.3, -0.25) is 5.32 Å². The molecular formula is C15H19N5O6S. The van der Waals surface area contributed by atoms with Crippen LogP contribution in [0.4, 0.5) is 10.7 Å². The summed E-state index contributed by atoms with van der Waals surface area (Å²) in [5.41, 5.74) is 0. The molecular weight excluding hydrogens is 378 g/mol. The highest BCUT2D eigenvalue weighted by atomic mass is 32.2. The number of urea groups is 1. The molecule has 0 radical (unpaired) electrons. The third kappa shape index (κ3) is 5.41. The molecule has 0 spiro atoms. The van der Waals surface area contributed by atoms with Gasteiger partial charge < -0.3 is 14.2 Å². The van der Waals surface area contributed by atoms with Crippen LogP contribution in [0.2, 0.25) is 0 Å². The molecule has 0 aliphatic carbocycles. The summed E-state index contributed by atoms with van der Waals surface area (Å²) in [6.07, 6.45) is 0.700. The van der Waals surface area contributed by atoms with Crippen molar-refractivity contribution in [3.05, 3.63) is 24.3 Å². The van der Waals surface area contributed by atoms with E-state index in [0.29, 0.717) is 13.0 Å². The highest BCUT2D eigenvalue weighted by Crippen LogP contribution is 2.23.